The van der Waals surface area contributed by atoms with E-state index in [1.165, 1.54) is 12.1 Å². The summed E-state index contributed by atoms with van der Waals surface area (Å²) in [5.74, 6) is -1.78. The van der Waals surface area contributed by atoms with Crippen molar-refractivity contribution in [1.29, 1.82) is 0 Å². The molecule has 33 heavy (non-hydrogen) atoms. The van der Waals surface area contributed by atoms with Crippen LogP contribution in [0.15, 0.2) is 47.1 Å². The fourth-order valence-corrected chi connectivity index (χ4v) is 4.35. The summed E-state index contributed by atoms with van der Waals surface area (Å²) in [4.78, 5) is 39.1. The first-order valence-electron chi connectivity index (χ1n) is 9.96. The molecule has 0 aliphatic carbocycles. The van der Waals surface area contributed by atoms with Crippen LogP contribution in [-0.2, 0) is 14.3 Å². The molecule has 0 saturated carbocycles. The van der Waals surface area contributed by atoms with E-state index in [2.05, 4.69) is 10.6 Å². The Morgan fingerprint density at radius 3 is 2.52 bits per heavy atom. The maximum atomic E-state index is 13.0. The molecule has 0 radical (unpaired) electrons. The number of benzene rings is 2. The maximum Gasteiger partial charge on any atom is 0.283 e. The van der Waals surface area contributed by atoms with Crippen LogP contribution in [0.1, 0.15) is 23.2 Å². The van der Waals surface area contributed by atoms with Gasteiger partial charge in [-0.05, 0) is 43.2 Å². The first kappa shape index (κ1) is 23.9. The summed E-state index contributed by atoms with van der Waals surface area (Å²) in [7, 11) is 0. The molecule has 0 bridgehead atoms. The summed E-state index contributed by atoms with van der Waals surface area (Å²) in [5, 5.41) is 5.70. The molecule has 1 saturated heterocycles. The van der Waals surface area contributed by atoms with Crippen molar-refractivity contribution in [1.82, 2.24) is 5.32 Å². The quantitative estimate of drug-likeness (QED) is 0.407. The Hall–Kier alpha value is -2.29. The van der Waals surface area contributed by atoms with E-state index in [1.807, 2.05) is 0 Å². The van der Waals surface area contributed by atoms with Crippen molar-refractivity contribution in [2.45, 2.75) is 18.9 Å². The number of anilines is 2. The molecule has 2 aromatic rings. The van der Waals surface area contributed by atoms with Gasteiger partial charge >= 0.3 is 0 Å². The number of carbonyl (C=O) groups is 3. The highest BCUT2D eigenvalue weighted by molar-refractivity contribution is 6.54. The molecule has 1 fully saturated rings. The van der Waals surface area contributed by atoms with Crippen molar-refractivity contribution in [3.63, 3.8) is 0 Å². The average Bonchev–Trinajstić information content (AvgIpc) is 3.38. The molecule has 0 spiro atoms. The minimum absolute atomic E-state index is 0.0144. The molecule has 2 heterocycles. The standard InChI is InChI=1S/C22H17Cl4N3O4/c23-14-8-16(25)17(9-15(14)24)29-21(31)18(26)19(22(29)32)28-12-4-1-3-11(7-12)20(30)27-10-13-5-2-6-33-13/h1,3-4,7-9,13,28H,2,5-6,10H2,(H,27,30). The van der Waals surface area contributed by atoms with Crippen LogP contribution in [0.25, 0.3) is 0 Å². The smallest absolute Gasteiger partial charge is 0.283 e. The van der Waals surface area contributed by atoms with E-state index in [4.69, 9.17) is 51.1 Å². The zero-order chi connectivity index (χ0) is 23.7. The van der Waals surface area contributed by atoms with Gasteiger partial charge in [-0.25, -0.2) is 4.90 Å². The summed E-state index contributed by atoms with van der Waals surface area (Å²) >= 11 is 24.3. The topological polar surface area (TPSA) is 87.7 Å². The zero-order valence-corrected chi connectivity index (χ0v) is 20.0. The molecule has 1 atom stereocenters. The summed E-state index contributed by atoms with van der Waals surface area (Å²) in [6.45, 7) is 1.12. The second kappa shape index (κ2) is 9.91. The molecule has 4 rings (SSSR count). The molecule has 2 aromatic carbocycles. The van der Waals surface area contributed by atoms with Crippen molar-refractivity contribution >= 4 is 75.5 Å². The third-order valence-electron chi connectivity index (χ3n) is 5.17. The number of amides is 3. The lowest BCUT2D eigenvalue weighted by Crippen LogP contribution is -2.32. The highest BCUT2D eigenvalue weighted by Gasteiger charge is 2.40. The van der Waals surface area contributed by atoms with Gasteiger partial charge in [0.15, 0.2) is 0 Å². The molecular weight excluding hydrogens is 512 g/mol. The van der Waals surface area contributed by atoms with Gasteiger partial charge in [0.1, 0.15) is 10.7 Å². The molecule has 11 heteroatoms. The largest absolute Gasteiger partial charge is 0.376 e. The van der Waals surface area contributed by atoms with E-state index >= 15 is 0 Å². The Morgan fingerprint density at radius 2 is 1.79 bits per heavy atom. The Labute approximate surface area is 209 Å². The second-order valence-electron chi connectivity index (χ2n) is 7.40. The molecule has 0 aromatic heterocycles. The number of halogens is 4. The van der Waals surface area contributed by atoms with Gasteiger partial charge in [0.25, 0.3) is 17.7 Å². The number of ether oxygens (including phenoxy) is 1. The van der Waals surface area contributed by atoms with Gasteiger partial charge in [-0.1, -0.05) is 52.5 Å². The van der Waals surface area contributed by atoms with Crippen LogP contribution < -0.4 is 15.5 Å². The predicted octanol–water partition coefficient (Wildman–Crippen LogP) is 4.99. The molecule has 2 N–H and O–H groups in total. The maximum absolute atomic E-state index is 13.0. The van der Waals surface area contributed by atoms with Gasteiger partial charge in [-0.3, -0.25) is 14.4 Å². The number of nitrogens with one attached hydrogen (secondary N) is 2. The minimum Gasteiger partial charge on any atom is -0.376 e. The Balaban J connectivity index is 1.51. The molecule has 7 nitrogen and oxygen atoms in total. The fourth-order valence-electron chi connectivity index (χ4n) is 3.51. The summed E-state index contributed by atoms with van der Waals surface area (Å²) in [6, 6.07) is 9.12. The van der Waals surface area contributed by atoms with Gasteiger partial charge in [-0.15, -0.1) is 0 Å². The van der Waals surface area contributed by atoms with Gasteiger partial charge in [0.05, 0.1) is 26.9 Å². The number of nitrogens with zero attached hydrogens (tertiary/aromatic N) is 1. The van der Waals surface area contributed by atoms with E-state index in [1.54, 1.807) is 24.3 Å². The van der Waals surface area contributed by atoms with Crippen molar-refractivity contribution in [2.75, 3.05) is 23.4 Å². The van der Waals surface area contributed by atoms with Crippen molar-refractivity contribution in [3.05, 3.63) is 67.8 Å². The highest BCUT2D eigenvalue weighted by Crippen LogP contribution is 2.38. The number of rotatable bonds is 6. The van der Waals surface area contributed by atoms with Gasteiger partial charge in [-0.2, -0.15) is 0 Å². The second-order valence-corrected chi connectivity index (χ2v) is 9.00. The lowest BCUT2D eigenvalue weighted by molar-refractivity contribution is -0.120. The number of carbonyl (C=O) groups excluding carboxylic acids is 3. The van der Waals surface area contributed by atoms with Crippen molar-refractivity contribution in [2.24, 2.45) is 0 Å². The van der Waals surface area contributed by atoms with Crippen molar-refractivity contribution in [3.8, 4) is 0 Å². The Bertz CT molecular complexity index is 1180. The lowest BCUT2D eigenvalue weighted by Gasteiger charge is -2.17. The van der Waals surface area contributed by atoms with Crippen LogP contribution in [0.5, 0.6) is 0 Å². The number of hydrogen-bond donors (Lipinski definition) is 2. The normalized spacial score (nSPS) is 18.3. The molecule has 3 amide bonds. The molecule has 2 aliphatic heterocycles. The molecule has 172 valence electrons. The fraction of sp³-hybridized carbons (Fsp3) is 0.227. The average molecular weight is 529 g/mol. The Kier molecular flexibility index (Phi) is 7.16. The molecule has 2 aliphatic rings. The first-order valence-corrected chi connectivity index (χ1v) is 11.5. The van der Waals surface area contributed by atoms with E-state index < -0.39 is 11.8 Å². The van der Waals surface area contributed by atoms with Crippen LogP contribution in [0.2, 0.25) is 15.1 Å². The van der Waals surface area contributed by atoms with Crippen LogP contribution in [0.4, 0.5) is 11.4 Å². The summed E-state index contributed by atoms with van der Waals surface area (Å²) in [6.07, 6.45) is 1.90. The summed E-state index contributed by atoms with van der Waals surface area (Å²) in [5.41, 5.74) is 0.672. The van der Waals surface area contributed by atoms with Gasteiger partial charge < -0.3 is 15.4 Å². The van der Waals surface area contributed by atoms with Gasteiger partial charge in [0.2, 0.25) is 0 Å². The third kappa shape index (κ3) is 4.98. The number of imide groups is 1. The van der Waals surface area contributed by atoms with E-state index in [0.29, 0.717) is 24.4 Å². The minimum atomic E-state index is -0.769. The van der Waals surface area contributed by atoms with Crippen molar-refractivity contribution < 1.29 is 19.1 Å². The molecular formula is C22H17Cl4N3O4. The first-order chi connectivity index (χ1) is 15.8. The summed E-state index contributed by atoms with van der Waals surface area (Å²) < 4.78 is 5.51. The van der Waals surface area contributed by atoms with Crippen LogP contribution in [0.3, 0.4) is 0 Å². The van der Waals surface area contributed by atoms with Crippen LogP contribution in [0, 0.1) is 0 Å². The van der Waals surface area contributed by atoms with E-state index in [0.717, 1.165) is 17.7 Å². The highest BCUT2D eigenvalue weighted by atomic mass is 35.5. The van der Waals surface area contributed by atoms with Crippen LogP contribution >= 0.6 is 46.4 Å². The third-order valence-corrected chi connectivity index (χ3v) is 6.54. The monoisotopic (exact) mass is 527 g/mol. The lowest BCUT2D eigenvalue weighted by atomic mass is 10.1. The SMILES string of the molecule is O=C(NCC1CCCO1)c1cccc(NC2=C(Cl)C(=O)N(c3cc(Cl)c(Cl)cc3Cl)C2=O)c1. The predicted molar refractivity (Wildman–Crippen MR) is 128 cm³/mol. The van der Waals surface area contributed by atoms with E-state index in [-0.39, 0.29) is 43.5 Å². The van der Waals surface area contributed by atoms with Gasteiger partial charge in [0, 0.05) is 24.4 Å². The van der Waals surface area contributed by atoms with Crippen LogP contribution in [-0.4, -0.2) is 37.0 Å². The number of hydrogen-bond acceptors (Lipinski definition) is 5. The Morgan fingerprint density at radius 1 is 1.03 bits per heavy atom. The molecule has 1 unspecified atom stereocenters. The zero-order valence-electron chi connectivity index (χ0n) is 17.0. The van der Waals surface area contributed by atoms with E-state index in [9.17, 15) is 14.4 Å².